The predicted octanol–water partition coefficient (Wildman–Crippen LogP) is 3.28. The molecule has 0 saturated carbocycles. The Morgan fingerprint density at radius 2 is 2.14 bits per heavy atom. The largest absolute Gasteiger partial charge is 0.497 e. The topological polar surface area (TPSA) is 38.5 Å². The van der Waals surface area contributed by atoms with E-state index in [0.29, 0.717) is 12.1 Å². The maximum Gasteiger partial charge on any atom is 0.119 e. The van der Waals surface area contributed by atoms with Gasteiger partial charge in [0.15, 0.2) is 0 Å². The lowest BCUT2D eigenvalue weighted by Crippen LogP contribution is -2.44. The van der Waals surface area contributed by atoms with Crippen LogP contribution in [0.5, 0.6) is 5.75 Å². The van der Waals surface area contributed by atoms with Crippen molar-refractivity contribution in [3.63, 3.8) is 0 Å². The molecule has 0 radical (unpaired) electrons. The van der Waals surface area contributed by atoms with Crippen molar-refractivity contribution in [2.45, 2.75) is 57.0 Å². The summed E-state index contributed by atoms with van der Waals surface area (Å²) in [6, 6.07) is 7.89. The molecule has 0 amide bonds. The van der Waals surface area contributed by atoms with Crippen LogP contribution in [0.1, 0.15) is 55.7 Å². The normalized spacial score (nSPS) is 26.4. The van der Waals surface area contributed by atoms with Gasteiger partial charge >= 0.3 is 0 Å². The summed E-state index contributed by atoms with van der Waals surface area (Å²) in [7, 11) is 1.76. The third-order valence-corrected chi connectivity index (χ3v) is 5.21. The molecule has 1 aromatic carbocycles. The Hall–Kier alpha value is -1.06. The summed E-state index contributed by atoms with van der Waals surface area (Å²) in [5, 5.41) is 0. The second-order valence-electron chi connectivity index (χ2n) is 6.44. The van der Waals surface area contributed by atoms with Crippen molar-refractivity contribution >= 4 is 0 Å². The molecule has 2 N–H and O–H groups in total. The molecule has 1 heterocycles. The van der Waals surface area contributed by atoms with Gasteiger partial charge in [-0.25, -0.2) is 0 Å². The van der Waals surface area contributed by atoms with E-state index in [1.807, 2.05) is 0 Å². The van der Waals surface area contributed by atoms with E-state index in [2.05, 4.69) is 23.1 Å². The number of hydrogen-bond donors (Lipinski definition) is 1. The van der Waals surface area contributed by atoms with Crippen LogP contribution in [0.25, 0.3) is 0 Å². The lowest BCUT2D eigenvalue weighted by Gasteiger charge is -2.43. The van der Waals surface area contributed by atoms with Gasteiger partial charge in [-0.1, -0.05) is 12.5 Å². The molecule has 1 aliphatic carbocycles. The Morgan fingerprint density at radius 1 is 1.24 bits per heavy atom. The standard InChI is InChI=1S/C18H28N2O/c1-21-16-9-8-14-5-4-7-18(17(14)13-16)20-12-3-2-6-15(20)10-11-19/h8-9,13,15,18H,2-7,10-12,19H2,1H3. The summed E-state index contributed by atoms with van der Waals surface area (Å²) in [6.07, 6.45) is 8.93. The van der Waals surface area contributed by atoms with Crippen LogP contribution in [-0.2, 0) is 6.42 Å². The molecule has 3 rings (SSSR count). The maximum absolute atomic E-state index is 5.84. The van der Waals surface area contributed by atoms with Crippen molar-refractivity contribution in [3.05, 3.63) is 29.3 Å². The molecule has 2 atom stereocenters. The Balaban J connectivity index is 1.88. The molecule has 1 aromatic rings. The number of hydrogen-bond acceptors (Lipinski definition) is 3. The van der Waals surface area contributed by atoms with Crippen LogP contribution < -0.4 is 10.5 Å². The fraction of sp³-hybridized carbons (Fsp3) is 0.667. The number of nitrogens with two attached hydrogens (primary N) is 1. The van der Waals surface area contributed by atoms with Crippen LogP contribution in [0, 0.1) is 0 Å². The fourth-order valence-corrected chi connectivity index (χ4v) is 4.16. The molecule has 116 valence electrons. The summed E-state index contributed by atoms with van der Waals surface area (Å²) in [4.78, 5) is 2.74. The first-order chi connectivity index (χ1) is 10.3. The summed E-state index contributed by atoms with van der Waals surface area (Å²) in [6.45, 7) is 2.03. The number of likely N-dealkylation sites (tertiary alicyclic amines) is 1. The second kappa shape index (κ2) is 6.80. The van der Waals surface area contributed by atoms with E-state index in [-0.39, 0.29) is 0 Å². The van der Waals surface area contributed by atoms with E-state index in [9.17, 15) is 0 Å². The number of piperidine rings is 1. The average molecular weight is 288 g/mol. The Bertz CT molecular complexity index is 472. The Labute approximate surface area is 128 Å². The molecule has 0 bridgehead atoms. The number of aryl methyl sites for hydroxylation is 1. The highest BCUT2D eigenvalue weighted by atomic mass is 16.5. The van der Waals surface area contributed by atoms with E-state index in [4.69, 9.17) is 10.5 Å². The van der Waals surface area contributed by atoms with Gasteiger partial charge in [0.1, 0.15) is 5.75 Å². The molecule has 2 aliphatic rings. The molecule has 1 saturated heterocycles. The third kappa shape index (κ3) is 3.09. The molecule has 3 nitrogen and oxygen atoms in total. The lowest BCUT2D eigenvalue weighted by molar-refractivity contribution is 0.0798. The van der Waals surface area contributed by atoms with Crippen LogP contribution in [0.4, 0.5) is 0 Å². The van der Waals surface area contributed by atoms with E-state index < -0.39 is 0 Å². The summed E-state index contributed by atoms with van der Waals surface area (Å²) in [5.74, 6) is 0.994. The van der Waals surface area contributed by atoms with E-state index in [1.54, 1.807) is 7.11 Å². The van der Waals surface area contributed by atoms with Crippen LogP contribution >= 0.6 is 0 Å². The molecule has 1 aliphatic heterocycles. The fourth-order valence-electron chi connectivity index (χ4n) is 4.16. The van der Waals surface area contributed by atoms with Crippen molar-refractivity contribution < 1.29 is 4.74 Å². The van der Waals surface area contributed by atoms with Crippen LogP contribution in [-0.4, -0.2) is 31.1 Å². The second-order valence-corrected chi connectivity index (χ2v) is 6.44. The van der Waals surface area contributed by atoms with Gasteiger partial charge in [0.25, 0.3) is 0 Å². The maximum atomic E-state index is 5.84. The minimum atomic E-state index is 0.570. The van der Waals surface area contributed by atoms with Crippen LogP contribution in [0.2, 0.25) is 0 Å². The van der Waals surface area contributed by atoms with Gasteiger partial charge in [0, 0.05) is 12.1 Å². The molecule has 1 fully saturated rings. The van der Waals surface area contributed by atoms with Gasteiger partial charge < -0.3 is 10.5 Å². The first-order valence-corrected chi connectivity index (χ1v) is 8.46. The van der Waals surface area contributed by atoms with Crippen molar-refractivity contribution in [1.82, 2.24) is 4.90 Å². The van der Waals surface area contributed by atoms with Crippen molar-refractivity contribution in [2.24, 2.45) is 5.73 Å². The first kappa shape index (κ1) is 14.9. The number of ether oxygens (including phenoxy) is 1. The number of nitrogens with zero attached hydrogens (tertiary/aromatic N) is 1. The van der Waals surface area contributed by atoms with Gasteiger partial charge in [-0.05, 0) is 74.9 Å². The highest BCUT2D eigenvalue weighted by molar-refractivity contribution is 5.39. The predicted molar refractivity (Wildman–Crippen MR) is 86.7 cm³/mol. The quantitative estimate of drug-likeness (QED) is 0.924. The average Bonchev–Trinajstić information content (AvgIpc) is 2.55. The number of rotatable bonds is 4. The van der Waals surface area contributed by atoms with E-state index in [1.165, 1.54) is 56.2 Å². The Morgan fingerprint density at radius 3 is 2.95 bits per heavy atom. The summed E-state index contributed by atoms with van der Waals surface area (Å²) < 4.78 is 5.45. The van der Waals surface area contributed by atoms with Gasteiger partial charge in [-0.2, -0.15) is 0 Å². The van der Waals surface area contributed by atoms with Crippen molar-refractivity contribution in [2.75, 3.05) is 20.2 Å². The summed E-state index contributed by atoms with van der Waals surface area (Å²) >= 11 is 0. The highest BCUT2D eigenvalue weighted by Gasteiger charge is 2.32. The molecular weight excluding hydrogens is 260 g/mol. The zero-order chi connectivity index (χ0) is 14.7. The zero-order valence-corrected chi connectivity index (χ0v) is 13.2. The SMILES string of the molecule is COc1ccc2c(c1)C(N1CCCCC1CCN)CCC2. The number of benzene rings is 1. The highest BCUT2D eigenvalue weighted by Crippen LogP contribution is 2.39. The molecular formula is C18H28N2O. The number of fused-ring (bicyclic) bond motifs is 1. The summed E-state index contributed by atoms with van der Waals surface area (Å²) in [5.41, 5.74) is 8.87. The van der Waals surface area contributed by atoms with Crippen LogP contribution in [0.15, 0.2) is 18.2 Å². The third-order valence-electron chi connectivity index (χ3n) is 5.21. The molecule has 0 aromatic heterocycles. The molecule has 3 heteroatoms. The molecule has 0 spiro atoms. The van der Waals surface area contributed by atoms with Crippen LogP contribution in [0.3, 0.4) is 0 Å². The lowest BCUT2D eigenvalue weighted by atomic mass is 9.84. The van der Waals surface area contributed by atoms with Crippen molar-refractivity contribution in [1.29, 1.82) is 0 Å². The molecule has 2 unspecified atom stereocenters. The number of methoxy groups -OCH3 is 1. The van der Waals surface area contributed by atoms with E-state index in [0.717, 1.165) is 18.7 Å². The monoisotopic (exact) mass is 288 g/mol. The Kier molecular flexibility index (Phi) is 4.81. The first-order valence-electron chi connectivity index (χ1n) is 8.46. The van der Waals surface area contributed by atoms with Gasteiger partial charge in [0.2, 0.25) is 0 Å². The van der Waals surface area contributed by atoms with Crippen molar-refractivity contribution in [3.8, 4) is 5.75 Å². The minimum Gasteiger partial charge on any atom is -0.497 e. The molecule has 21 heavy (non-hydrogen) atoms. The smallest absolute Gasteiger partial charge is 0.119 e. The van der Waals surface area contributed by atoms with Gasteiger partial charge in [0.05, 0.1) is 7.11 Å². The van der Waals surface area contributed by atoms with E-state index >= 15 is 0 Å². The minimum absolute atomic E-state index is 0.570. The van der Waals surface area contributed by atoms with Gasteiger partial charge in [-0.15, -0.1) is 0 Å². The zero-order valence-electron chi connectivity index (χ0n) is 13.2. The van der Waals surface area contributed by atoms with Gasteiger partial charge in [-0.3, -0.25) is 4.90 Å².